The fraction of sp³-hybridized carbons (Fsp3) is 0.160. The van der Waals surface area contributed by atoms with Crippen LogP contribution in [0.4, 0.5) is 29.3 Å². The molecule has 35 heavy (non-hydrogen) atoms. The molecule has 0 saturated carbocycles. The van der Waals surface area contributed by atoms with Crippen LogP contribution >= 0.6 is 0 Å². The average Bonchev–Trinajstić information content (AvgIpc) is 3.29. The van der Waals surface area contributed by atoms with Crippen LogP contribution in [0.25, 0.3) is 17.1 Å². The Balaban J connectivity index is 1.40. The lowest BCUT2D eigenvalue weighted by molar-refractivity contribution is -0.274. The van der Waals surface area contributed by atoms with Crippen LogP contribution in [0, 0.1) is 0 Å². The van der Waals surface area contributed by atoms with Gasteiger partial charge < -0.3 is 15.4 Å². The van der Waals surface area contributed by atoms with Crippen molar-refractivity contribution in [2.24, 2.45) is 0 Å². The molecule has 0 radical (unpaired) electrons. The molecule has 0 bridgehead atoms. The Kier molecular flexibility index (Phi) is 6.72. The second-order valence-corrected chi connectivity index (χ2v) is 7.95. The number of para-hydroxylation sites is 1. The maximum atomic E-state index is 12.5. The number of aromatic nitrogens is 3. The van der Waals surface area contributed by atoms with E-state index >= 15 is 0 Å². The lowest BCUT2D eigenvalue weighted by Crippen LogP contribution is -2.20. The second-order valence-electron chi connectivity index (χ2n) is 7.95. The lowest BCUT2D eigenvalue weighted by atomic mass is 10.0. The molecule has 1 aromatic heterocycles. The number of amides is 2. The number of nitrogens with one attached hydrogen (secondary N) is 2. The van der Waals surface area contributed by atoms with Crippen LogP contribution in [0.3, 0.4) is 0 Å². The van der Waals surface area contributed by atoms with E-state index in [0.29, 0.717) is 22.8 Å². The quantitative estimate of drug-likeness (QED) is 0.325. The first-order chi connectivity index (χ1) is 16.7. The molecule has 0 aliphatic carbocycles. The van der Waals surface area contributed by atoms with Crippen molar-refractivity contribution < 1.29 is 22.7 Å². The van der Waals surface area contributed by atoms with Crippen molar-refractivity contribution in [1.29, 1.82) is 0 Å². The van der Waals surface area contributed by atoms with Crippen LogP contribution in [-0.4, -0.2) is 27.2 Å². The predicted octanol–water partition coefficient (Wildman–Crippen LogP) is 6.60. The first-order valence-electron chi connectivity index (χ1n) is 10.7. The van der Waals surface area contributed by atoms with Crippen LogP contribution in [0.2, 0.25) is 0 Å². The Morgan fingerprint density at radius 1 is 0.943 bits per heavy atom. The van der Waals surface area contributed by atoms with Crippen LogP contribution in [0.5, 0.6) is 5.75 Å². The summed E-state index contributed by atoms with van der Waals surface area (Å²) in [7, 11) is 0. The number of nitrogens with zero attached hydrogens (tertiary/aromatic N) is 3. The fourth-order valence-corrected chi connectivity index (χ4v) is 3.42. The van der Waals surface area contributed by atoms with Gasteiger partial charge in [-0.1, -0.05) is 32.0 Å². The maximum absolute atomic E-state index is 12.5. The molecule has 0 fully saturated rings. The molecule has 0 unspecified atom stereocenters. The summed E-state index contributed by atoms with van der Waals surface area (Å²) in [5.41, 5.74) is 3.62. The highest BCUT2D eigenvalue weighted by Crippen LogP contribution is 2.25. The molecule has 0 saturated heterocycles. The normalized spacial score (nSPS) is 11.4. The fourth-order valence-electron chi connectivity index (χ4n) is 3.42. The molecule has 0 atom stereocenters. The number of benzene rings is 3. The third-order valence-electron chi connectivity index (χ3n) is 5.06. The number of carbonyl (C=O) groups excluding carboxylic acids is 1. The van der Waals surface area contributed by atoms with Crippen molar-refractivity contribution in [2.45, 2.75) is 26.1 Å². The number of anilines is 2. The molecule has 180 valence electrons. The van der Waals surface area contributed by atoms with E-state index < -0.39 is 6.36 Å². The van der Waals surface area contributed by atoms with Crippen molar-refractivity contribution in [3.63, 3.8) is 0 Å². The summed E-state index contributed by atoms with van der Waals surface area (Å²) in [5, 5.41) is 10.0. The van der Waals surface area contributed by atoms with Gasteiger partial charge in [0.1, 0.15) is 12.1 Å². The molecule has 4 rings (SSSR count). The van der Waals surface area contributed by atoms with E-state index in [9.17, 15) is 18.0 Å². The van der Waals surface area contributed by atoms with Crippen molar-refractivity contribution in [3.8, 4) is 22.8 Å². The zero-order chi connectivity index (χ0) is 25.0. The zero-order valence-corrected chi connectivity index (χ0v) is 18.9. The van der Waals surface area contributed by atoms with Gasteiger partial charge in [0.15, 0.2) is 5.82 Å². The molecule has 4 aromatic rings. The van der Waals surface area contributed by atoms with Crippen LogP contribution < -0.4 is 15.4 Å². The minimum absolute atomic E-state index is 0.268. The second kappa shape index (κ2) is 9.88. The summed E-state index contributed by atoms with van der Waals surface area (Å²) in [4.78, 5) is 16.7. The first kappa shape index (κ1) is 23.8. The minimum Gasteiger partial charge on any atom is -0.406 e. The van der Waals surface area contributed by atoms with Gasteiger partial charge in [-0.15, -0.1) is 18.3 Å². The van der Waals surface area contributed by atoms with E-state index in [0.717, 1.165) is 11.3 Å². The third-order valence-corrected chi connectivity index (χ3v) is 5.06. The molecule has 0 spiro atoms. The van der Waals surface area contributed by atoms with Crippen molar-refractivity contribution in [3.05, 3.63) is 84.7 Å². The molecule has 3 aromatic carbocycles. The number of hydrogen-bond donors (Lipinski definition) is 2. The molecule has 2 amide bonds. The number of alkyl halides is 3. The zero-order valence-electron chi connectivity index (χ0n) is 18.9. The summed E-state index contributed by atoms with van der Waals surface area (Å²) < 4.78 is 42.3. The van der Waals surface area contributed by atoms with Gasteiger partial charge in [-0.3, -0.25) is 0 Å². The summed E-state index contributed by atoms with van der Waals surface area (Å²) in [6, 6.07) is 19.6. The lowest BCUT2D eigenvalue weighted by Gasteiger charge is -2.14. The Labute approximate surface area is 199 Å². The number of halogens is 3. The topological polar surface area (TPSA) is 81.1 Å². The molecule has 2 N–H and O–H groups in total. The van der Waals surface area contributed by atoms with E-state index in [1.165, 1.54) is 35.3 Å². The minimum atomic E-state index is -4.75. The summed E-state index contributed by atoms with van der Waals surface area (Å²) in [6.45, 7) is 4.12. The van der Waals surface area contributed by atoms with Gasteiger partial charge in [0.2, 0.25) is 0 Å². The molecule has 0 aliphatic heterocycles. The van der Waals surface area contributed by atoms with Gasteiger partial charge in [0.05, 0.1) is 5.69 Å². The third kappa shape index (κ3) is 6.17. The van der Waals surface area contributed by atoms with Gasteiger partial charge >= 0.3 is 12.4 Å². The highest BCUT2D eigenvalue weighted by atomic mass is 19.4. The van der Waals surface area contributed by atoms with Crippen LogP contribution in [0.1, 0.15) is 25.3 Å². The number of carbonyl (C=O) groups is 1. The highest BCUT2D eigenvalue weighted by molar-refractivity contribution is 6.00. The van der Waals surface area contributed by atoms with Gasteiger partial charge in [-0.2, -0.15) is 0 Å². The Hall–Kier alpha value is -4.34. The maximum Gasteiger partial charge on any atom is 0.573 e. The van der Waals surface area contributed by atoms with Crippen LogP contribution in [0.15, 0.2) is 79.1 Å². The summed E-state index contributed by atoms with van der Waals surface area (Å²) in [5.74, 6) is 0.369. The van der Waals surface area contributed by atoms with E-state index in [1.807, 2.05) is 24.3 Å². The first-order valence-corrected chi connectivity index (χ1v) is 10.7. The van der Waals surface area contributed by atoms with E-state index in [-0.39, 0.29) is 17.7 Å². The average molecular weight is 481 g/mol. The summed E-state index contributed by atoms with van der Waals surface area (Å²) >= 11 is 0. The monoisotopic (exact) mass is 481 g/mol. The van der Waals surface area contributed by atoms with E-state index in [1.54, 1.807) is 24.3 Å². The molecular weight excluding hydrogens is 459 g/mol. The Morgan fingerprint density at radius 3 is 2.29 bits per heavy atom. The Bertz CT molecular complexity index is 1300. The van der Waals surface area contributed by atoms with E-state index in [4.69, 9.17) is 0 Å². The van der Waals surface area contributed by atoms with Gasteiger partial charge in [-0.05, 0) is 66.1 Å². The largest absolute Gasteiger partial charge is 0.573 e. The van der Waals surface area contributed by atoms with Crippen molar-refractivity contribution in [1.82, 2.24) is 14.8 Å². The number of rotatable bonds is 6. The van der Waals surface area contributed by atoms with Gasteiger partial charge in [0.25, 0.3) is 0 Å². The molecule has 10 heteroatoms. The van der Waals surface area contributed by atoms with Crippen molar-refractivity contribution in [2.75, 3.05) is 10.6 Å². The SMILES string of the molecule is CC(C)c1ccccc1NC(=O)Nc1ccc(-c2ncn(-c3ccc(OC(F)(F)F)cc3)n2)cc1. The highest BCUT2D eigenvalue weighted by Gasteiger charge is 2.31. The van der Waals surface area contributed by atoms with Gasteiger partial charge in [0, 0.05) is 16.9 Å². The Morgan fingerprint density at radius 2 is 1.63 bits per heavy atom. The predicted molar refractivity (Wildman–Crippen MR) is 127 cm³/mol. The molecular formula is C25H22F3N5O2. The number of ether oxygens (including phenoxy) is 1. The summed E-state index contributed by atoms with van der Waals surface area (Å²) in [6.07, 6.45) is -3.29. The van der Waals surface area contributed by atoms with Gasteiger partial charge in [-0.25, -0.2) is 14.5 Å². The molecule has 7 nitrogen and oxygen atoms in total. The number of hydrogen-bond acceptors (Lipinski definition) is 4. The molecule has 1 heterocycles. The van der Waals surface area contributed by atoms with Crippen LogP contribution in [-0.2, 0) is 0 Å². The standard InChI is InChI=1S/C25H22F3N5O2/c1-16(2)21-5-3-4-6-22(21)31-24(34)30-18-9-7-17(8-10-18)23-29-15-33(32-23)19-11-13-20(14-12-19)35-25(26,27)28/h3-16H,1-2H3,(H2,30,31,34). The smallest absolute Gasteiger partial charge is 0.406 e. The van der Waals surface area contributed by atoms with E-state index in [2.05, 4.69) is 39.3 Å². The van der Waals surface area contributed by atoms with Crippen molar-refractivity contribution >= 4 is 17.4 Å². The molecule has 0 aliphatic rings. The number of urea groups is 1.